The van der Waals surface area contributed by atoms with Crippen molar-refractivity contribution in [1.82, 2.24) is 10.2 Å². The molecular formula is C25H24N2O2. The van der Waals surface area contributed by atoms with Gasteiger partial charge in [0.15, 0.2) is 5.78 Å². The fourth-order valence-corrected chi connectivity index (χ4v) is 3.82. The predicted octanol–water partition coefficient (Wildman–Crippen LogP) is 3.92. The zero-order chi connectivity index (χ0) is 20.1. The lowest BCUT2D eigenvalue weighted by molar-refractivity contribution is 0.0927. The van der Waals surface area contributed by atoms with E-state index in [0.29, 0.717) is 16.7 Å². The Morgan fingerprint density at radius 3 is 2.17 bits per heavy atom. The topological polar surface area (TPSA) is 49.4 Å². The molecule has 1 amide bonds. The Labute approximate surface area is 171 Å². The second kappa shape index (κ2) is 8.84. The molecule has 1 aliphatic rings. The number of amides is 1. The molecule has 0 aliphatic carbocycles. The van der Waals surface area contributed by atoms with E-state index >= 15 is 0 Å². The van der Waals surface area contributed by atoms with Gasteiger partial charge in [-0.3, -0.25) is 14.5 Å². The first-order chi connectivity index (χ1) is 14.2. The minimum atomic E-state index is -0.184. The van der Waals surface area contributed by atoms with Crippen LogP contribution in [0.25, 0.3) is 0 Å². The van der Waals surface area contributed by atoms with Gasteiger partial charge in [-0.2, -0.15) is 0 Å². The summed E-state index contributed by atoms with van der Waals surface area (Å²) in [6, 6.07) is 26.6. The molecule has 0 spiro atoms. The number of hydrogen-bond acceptors (Lipinski definition) is 3. The summed E-state index contributed by atoms with van der Waals surface area (Å²) in [5.74, 6) is -0.315. The standard InChI is InChI=1S/C25H24N2O2/c28-24(20-11-5-2-6-12-20)22-13-7-8-14-23(22)25(29)26-21-15-16-27(18-21)17-19-9-3-1-4-10-19/h1-14,21H,15-18H2,(H,26,29)/t21-/m1/s1. The van der Waals surface area contributed by atoms with Gasteiger partial charge in [0.1, 0.15) is 0 Å². The summed E-state index contributed by atoms with van der Waals surface area (Å²) in [7, 11) is 0. The maximum Gasteiger partial charge on any atom is 0.252 e. The third-order valence-electron chi connectivity index (χ3n) is 5.31. The van der Waals surface area contributed by atoms with Crippen molar-refractivity contribution in [3.05, 3.63) is 107 Å². The molecule has 29 heavy (non-hydrogen) atoms. The summed E-state index contributed by atoms with van der Waals surface area (Å²) < 4.78 is 0. The highest BCUT2D eigenvalue weighted by molar-refractivity contribution is 6.15. The third kappa shape index (κ3) is 4.61. The van der Waals surface area contributed by atoms with Crippen LogP contribution in [0.2, 0.25) is 0 Å². The van der Waals surface area contributed by atoms with E-state index in [-0.39, 0.29) is 17.7 Å². The zero-order valence-corrected chi connectivity index (χ0v) is 16.3. The molecule has 0 aromatic heterocycles. The Morgan fingerprint density at radius 2 is 1.45 bits per heavy atom. The van der Waals surface area contributed by atoms with E-state index in [2.05, 4.69) is 22.3 Å². The number of carbonyl (C=O) groups is 2. The highest BCUT2D eigenvalue weighted by Gasteiger charge is 2.26. The zero-order valence-electron chi connectivity index (χ0n) is 16.3. The van der Waals surface area contributed by atoms with Gasteiger partial charge >= 0.3 is 0 Å². The van der Waals surface area contributed by atoms with Gasteiger partial charge in [-0.1, -0.05) is 78.9 Å². The lowest BCUT2D eigenvalue weighted by atomic mass is 9.97. The van der Waals surface area contributed by atoms with Crippen LogP contribution in [0, 0.1) is 0 Å². The molecule has 1 fully saturated rings. The van der Waals surface area contributed by atoms with Gasteiger partial charge in [0.2, 0.25) is 0 Å². The first-order valence-electron chi connectivity index (χ1n) is 9.96. The van der Waals surface area contributed by atoms with E-state index < -0.39 is 0 Å². The predicted molar refractivity (Wildman–Crippen MR) is 114 cm³/mol. The molecule has 1 atom stereocenters. The first-order valence-corrected chi connectivity index (χ1v) is 9.96. The molecule has 4 heteroatoms. The van der Waals surface area contributed by atoms with Gasteiger partial charge in [-0.15, -0.1) is 0 Å². The van der Waals surface area contributed by atoms with E-state index in [1.165, 1.54) is 5.56 Å². The number of carbonyl (C=O) groups excluding carboxylic acids is 2. The normalized spacial score (nSPS) is 16.5. The summed E-state index contributed by atoms with van der Waals surface area (Å²) in [4.78, 5) is 28.2. The maximum absolute atomic E-state index is 12.9. The number of hydrogen-bond donors (Lipinski definition) is 1. The molecule has 0 unspecified atom stereocenters. The Kier molecular flexibility index (Phi) is 5.82. The van der Waals surface area contributed by atoms with Crippen LogP contribution < -0.4 is 5.32 Å². The van der Waals surface area contributed by atoms with Crippen molar-refractivity contribution in [3.8, 4) is 0 Å². The molecule has 0 bridgehead atoms. The molecular weight excluding hydrogens is 360 g/mol. The lowest BCUT2D eigenvalue weighted by Crippen LogP contribution is -2.37. The molecule has 1 N–H and O–H groups in total. The fraction of sp³-hybridized carbons (Fsp3) is 0.200. The third-order valence-corrected chi connectivity index (χ3v) is 5.31. The van der Waals surface area contributed by atoms with Gasteiger partial charge in [-0.05, 0) is 18.1 Å². The molecule has 1 saturated heterocycles. The summed E-state index contributed by atoms with van der Waals surface area (Å²) in [6.07, 6.45) is 0.910. The van der Waals surface area contributed by atoms with Crippen LogP contribution in [-0.2, 0) is 6.54 Å². The van der Waals surface area contributed by atoms with Crippen molar-refractivity contribution in [2.24, 2.45) is 0 Å². The number of benzene rings is 3. The van der Waals surface area contributed by atoms with Crippen molar-refractivity contribution in [2.45, 2.75) is 19.0 Å². The first kappa shape index (κ1) is 19.1. The number of ketones is 1. The molecule has 3 aromatic carbocycles. The van der Waals surface area contributed by atoms with Crippen LogP contribution in [0.5, 0.6) is 0 Å². The highest BCUT2D eigenvalue weighted by Crippen LogP contribution is 2.17. The van der Waals surface area contributed by atoms with Crippen LogP contribution in [0.4, 0.5) is 0 Å². The van der Waals surface area contributed by atoms with Crippen LogP contribution >= 0.6 is 0 Å². The lowest BCUT2D eigenvalue weighted by Gasteiger charge is -2.17. The van der Waals surface area contributed by atoms with E-state index in [1.807, 2.05) is 36.4 Å². The Balaban J connectivity index is 1.42. The maximum atomic E-state index is 12.9. The quantitative estimate of drug-likeness (QED) is 0.656. The molecule has 1 aliphatic heterocycles. The van der Waals surface area contributed by atoms with Crippen LogP contribution in [-0.4, -0.2) is 35.7 Å². The van der Waals surface area contributed by atoms with Gasteiger partial charge in [0, 0.05) is 36.8 Å². The Morgan fingerprint density at radius 1 is 0.828 bits per heavy atom. The Bertz CT molecular complexity index is 986. The number of nitrogens with zero attached hydrogens (tertiary/aromatic N) is 1. The van der Waals surface area contributed by atoms with Crippen molar-refractivity contribution in [2.75, 3.05) is 13.1 Å². The molecule has 1 heterocycles. The summed E-state index contributed by atoms with van der Waals surface area (Å²) in [5.41, 5.74) is 2.74. The van der Waals surface area contributed by atoms with Crippen LogP contribution in [0.3, 0.4) is 0 Å². The summed E-state index contributed by atoms with van der Waals surface area (Å²) in [5, 5.41) is 3.12. The monoisotopic (exact) mass is 384 g/mol. The largest absolute Gasteiger partial charge is 0.348 e. The molecule has 4 nitrogen and oxygen atoms in total. The number of likely N-dealkylation sites (tertiary alicyclic amines) is 1. The smallest absolute Gasteiger partial charge is 0.252 e. The van der Waals surface area contributed by atoms with Crippen LogP contribution in [0.15, 0.2) is 84.9 Å². The van der Waals surface area contributed by atoms with Crippen molar-refractivity contribution >= 4 is 11.7 Å². The molecule has 146 valence electrons. The second-order valence-corrected chi connectivity index (χ2v) is 7.42. The molecule has 0 radical (unpaired) electrons. The van der Waals surface area contributed by atoms with Gasteiger partial charge < -0.3 is 5.32 Å². The van der Waals surface area contributed by atoms with Crippen molar-refractivity contribution < 1.29 is 9.59 Å². The molecule has 4 rings (SSSR count). The SMILES string of the molecule is O=C(N[C@@H]1CCN(Cc2ccccc2)C1)c1ccccc1C(=O)c1ccccc1. The minimum Gasteiger partial charge on any atom is -0.348 e. The van der Waals surface area contributed by atoms with E-state index in [9.17, 15) is 9.59 Å². The van der Waals surface area contributed by atoms with Gasteiger partial charge in [0.25, 0.3) is 5.91 Å². The van der Waals surface area contributed by atoms with E-state index in [0.717, 1.165) is 26.1 Å². The van der Waals surface area contributed by atoms with Crippen molar-refractivity contribution in [1.29, 1.82) is 0 Å². The summed E-state index contributed by atoms with van der Waals surface area (Å²) >= 11 is 0. The molecule has 0 saturated carbocycles. The van der Waals surface area contributed by atoms with Crippen molar-refractivity contribution in [3.63, 3.8) is 0 Å². The van der Waals surface area contributed by atoms with Gasteiger partial charge in [0.05, 0.1) is 5.56 Å². The second-order valence-electron chi connectivity index (χ2n) is 7.42. The van der Waals surface area contributed by atoms with E-state index in [1.54, 1.807) is 36.4 Å². The average molecular weight is 384 g/mol. The highest BCUT2D eigenvalue weighted by atomic mass is 16.2. The van der Waals surface area contributed by atoms with E-state index in [4.69, 9.17) is 0 Å². The minimum absolute atomic E-state index is 0.0890. The molecule has 3 aromatic rings. The number of nitrogens with one attached hydrogen (secondary N) is 1. The summed E-state index contributed by atoms with van der Waals surface area (Å²) in [6.45, 7) is 2.65. The number of rotatable bonds is 6. The van der Waals surface area contributed by atoms with Crippen LogP contribution in [0.1, 0.15) is 38.3 Å². The average Bonchev–Trinajstić information content (AvgIpc) is 3.21. The Hall–Kier alpha value is -3.24. The fourth-order valence-electron chi connectivity index (χ4n) is 3.82. The van der Waals surface area contributed by atoms with Gasteiger partial charge in [-0.25, -0.2) is 0 Å².